The van der Waals surface area contributed by atoms with Crippen LogP contribution < -0.4 is 0 Å². The van der Waals surface area contributed by atoms with Crippen LogP contribution in [0.25, 0.3) is 0 Å². The zero-order valence-corrected chi connectivity index (χ0v) is 16.3. The second kappa shape index (κ2) is 8.02. The number of amides is 2. The summed E-state index contributed by atoms with van der Waals surface area (Å²) in [5, 5.41) is 0. The van der Waals surface area contributed by atoms with Crippen molar-refractivity contribution in [3.05, 3.63) is 57.9 Å². The van der Waals surface area contributed by atoms with Gasteiger partial charge in [-0.05, 0) is 37.6 Å². The van der Waals surface area contributed by atoms with Gasteiger partial charge in [-0.3, -0.25) is 9.59 Å². The van der Waals surface area contributed by atoms with Crippen LogP contribution in [0.5, 0.6) is 0 Å². The number of methoxy groups -OCH3 is 1. The molecule has 1 saturated heterocycles. The number of ether oxygens (including phenoxy) is 1. The van der Waals surface area contributed by atoms with Gasteiger partial charge in [-0.1, -0.05) is 0 Å². The van der Waals surface area contributed by atoms with E-state index in [-0.39, 0.29) is 37.6 Å². The fourth-order valence-corrected chi connectivity index (χ4v) is 3.45. The fraction of sp³-hybridized carbons (Fsp3) is 0.350. The van der Waals surface area contributed by atoms with E-state index in [2.05, 4.69) is 4.98 Å². The molecule has 7 nitrogen and oxygen atoms in total. The number of carbonyl (C=O) groups is 3. The smallest absolute Gasteiger partial charge is 0.339 e. The van der Waals surface area contributed by atoms with E-state index in [1.807, 2.05) is 0 Å². The third-order valence-corrected chi connectivity index (χ3v) is 5.06. The number of hydrogen-bond acceptors (Lipinski definition) is 4. The van der Waals surface area contributed by atoms with Crippen LogP contribution in [0.4, 0.5) is 8.78 Å². The number of hydrogen-bond donors (Lipinski definition) is 1. The van der Waals surface area contributed by atoms with E-state index < -0.39 is 23.5 Å². The first-order valence-electron chi connectivity index (χ1n) is 9.05. The van der Waals surface area contributed by atoms with Crippen molar-refractivity contribution in [2.45, 2.75) is 13.8 Å². The monoisotopic (exact) mass is 405 g/mol. The van der Waals surface area contributed by atoms with Gasteiger partial charge >= 0.3 is 5.97 Å². The quantitative estimate of drug-likeness (QED) is 0.795. The molecule has 2 aromatic rings. The van der Waals surface area contributed by atoms with Crippen LogP contribution >= 0.6 is 0 Å². The lowest BCUT2D eigenvalue weighted by molar-refractivity contribution is 0.0531. The van der Waals surface area contributed by atoms with E-state index in [0.29, 0.717) is 22.5 Å². The summed E-state index contributed by atoms with van der Waals surface area (Å²) in [5.41, 5.74) is 1.76. The van der Waals surface area contributed by atoms with Gasteiger partial charge in [0.2, 0.25) is 0 Å². The first kappa shape index (κ1) is 20.5. The number of H-pyrrole nitrogens is 1. The molecule has 3 rings (SSSR count). The van der Waals surface area contributed by atoms with E-state index in [1.54, 1.807) is 18.7 Å². The van der Waals surface area contributed by atoms with Crippen molar-refractivity contribution in [1.82, 2.24) is 14.8 Å². The van der Waals surface area contributed by atoms with Gasteiger partial charge in [0.05, 0.1) is 12.7 Å². The first-order valence-corrected chi connectivity index (χ1v) is 9.05. The highest BCUT2D eigenvalue weighted by atomic mass is 19.2. The topological polar surface area (TPSA) is 82.7 Å². The van der Waals surface area contributed by atoms with Crippen molar-refractivity contribution >= 4 is 17.8 Å². The number of nitrogens with zero attached hydrogens (tertiary/aromatic N) is 2. The maximum atomic E-state index is 13.4. The minimum Gasteiger partial charge on any atom is -0.465 e. The van der Waals surface area contributed by atoms with Crippen molar-refractivity contribution < 1.29 is 27.9 Å². The van der Waals surface area contributed by atoms with Gasteiger partial charge < -0.3 is 19.5 Å². The Kier molecular flexibility index (Phi) is 5.67. The SMILES string of the molecule is COC(=O)c1c(C)[nH]c(C(=O)N2CCN(C(=O)c3ccc(F)c(F)c3)CC2)c1C. The molecular formula is C20H21F2N3O4. The van der Waals surface area contributed by atoms with Crippen LogP contribution in [0, 0.1) is 25.5 Å². The van der Waals surface area contributed by atoms with Gasteiger partial charge in [0.1, 0.15) is 5.69 Å². The van der Waals surface area contributed by atoms with Crippen molar-refractivity contribution in [2.75, 3.05) is 33.3 Å². The number of carbonyl (C=O) groups excluding carboxylic acids is 3. The molecule has 1 aliphatic heterocycles. The van der Waals surface area contributed by atoms with E-state index >= 15 is 0 Å². The number of nitrogens with one attached hydrogen (secondary N) is 1. The lowest BCUT2D eigenvalue weighted by Gasteiger charge is -2.34. The van der Waals surface area contributed by atoms with Gasteiger partial charge in [0.25, 0.3) is 11.8 Å². The molecule has 9 heteroatoms. The Morgan fingerprint density at radius 1 is 0.966 bits per heavy atom. The van der Waals surface area contributed by atoms with Gasteiger partial charge in [-0.2, -0.15) is 0 Å². The molecule has 2 heterocycles. The Morgan fingerprint density at radius 3 is 2.10 bits per heavy atom. The molecule has 0 unspecified atom stereocenters. The van der Waals surface area contributed by atoms with Gasteiger partial charge in [0, 0.05) is 37.4 Å². The number of aromatic nitrogens is 1. The van der Waals surface area contributed by atoms with E-state index in [4.69, 9.17) is 4.74 Å². The highest BCUT2D eigenvalue weighted by Gasteiger charge is 2.29. The van der Waals surface area contributed by atoms with Gasteiger partial charge in [-0.15, -0.1) is 0 Å². The van der Waals surface area contributed by atoms with Crippen LogP contribution in [-0.4, -0.2) is 65.9 Å². The molecule has 1 N–H and O–H groups in total. The normalized spacial score (nSPS) is 14.1. The third-order valence-electron chi connectivity index (χ3n) is 5.06. The molecule has 1 aromatic carbocycles. The second-order valence-corrected chi connectivity index (χ2v) is 6.83. The number of aromatic amines is 1. The van der Waals surface area contributed by atoms with E-state index in [1.165, 1.54) is 18.1 Å². The van der Waals surface area contributed by atoms with Crippen molar-refractivity contribution in [3.8, 4) is 0 Å². The Morgan fingerprint density at radius 2 is 1.55 bits per heavy atom. The molecular weight excluding hydrogens is 384 g/mol. The number of piperazine rings is 1. The first-order chi connectivity index (χ1) is 13.7. The van der Waals surface area contributed by atoms with E-state index in [9.17, 15) is 23.2 Å². The summed E-state index contributed by atoms with van der Waals surface area (Å²) in [6.45, 7) is 4.43. The van der Waals surface area contributed by atoms with E-state index in [0.717, 1.165) is 12.1 Å². The lowest BCUT2D eigenvalue weighted by Crippen LogP contribution is -2.50. The summed E-state index contributed by atoms with van der Waals surface area (Å²) in [5.74, 6) is -3.31. The molecule has 0 aliphatic carbocycles. The minimum absolute atomic E-state index is 0.0576. The van der Waals surface area contributed by atoms with Crippen molar-refractivity contribution in [2.24, 2.45) is 0 Å². The van der Waals surface area contributed by atoms with Crippen LogP contribution in [-0.2, 0) is 4.74 Å². The van der Waals surface area contributed by atoms with Crippen LogP contribution in [0.2, 0.25) is 0 Å². The molecule has 154 valence electrons. The Balaban J connectivity index is 1.69. The van der Waals surface area contributed by atoms with Crippen LogP contribution in [0.15, 0.2) is 18.2 Å². The maximum absolute atomic E-state index is 13.4. The highest BCUT2D eigenvalue weighted by Crippen LogP contribution is 2.21. The number of benzene rings is 1. The molecule has 2 amide bonds. The largest absolute Gasteiger partial charge is 0.465 e. The van der Waals surface area contributed by atoms with Gasteiger partial charge in [0.15, 0.2) is 11.6 Å². The maximum Gasteiger partial charge on any atom is 0.339 e. The average Bonchev–Trinajstić information content (AvgIpc) is 3.02. The highest BCUT2D eigenvalue weighted by molar-refractivity contribution is 6.00. The number of aryl methyl sites for hydroxylation is 1. The zero-order chi connectivity index (χ0) is 21.3. The van der Waals surface area contributed by atoms with Crippen LogP contribution in [0.1, 0.15) is 42.5 Å². The summed E-state index contributed by atoms with van der Waals surface area (Å²) >= 11 is 0. The summed E-state index contributed by atoms with van der Waals surface area (Å²) in [4.78, 5) is 43.3. The standard InChI is InChI=1S/C20H21F2N3O4/c1-11-16(20(28)29-3)12(2)23-17(11)19(27)25-8-6-24(7-9-25)18(26)13-4-5-14(21)15(22)10-13/h4-5,10,23H,6-9H2,1-3H3. The molecule has 0 radical (unpaired) electrons. The second-order valence-electron chi connectivity index (χ2n) is 6.83. The molecule has 0 bridgehead atoms. The van der Waals surface area contributed by atoms with Crippen molar-refractivity contribution in [3.63, 3.8) is 0 Å². The molecule has 1 aromatic heterocycles. The van der Waals surface area contributed by atoms with Gasteiger partial charge in [-0.25, -0.2) is 13.6 Å². The average molecular weight is 405 g/mol. The number of esters is 1. The Labute approximate surface area is 166 Å². The number of rotatable bonds is 3. The molecule has 1 aliphatic rings. The molecule has 0 saturated carbocycles. The summed E-state index contributed by atoms with van der Waals surface area (Å²) < 4.78 is 31.2. The zero-order valence-electron chi connectivity index (χ0n) is 16.3. The molecule has 29 heavy (non-hydrogen) atoms. The fourth-order valence-electron chi connectivity index (χ4n) is 3.45. The third kappa shape index (κ3) is 3.85. The Hall–Kier alpha value is -3.23. The lowest BCUT2D eigenvalue weighted by atomic mass is 10.1. The Bertz CT molecular complexity index is 978. The summed E-state index contributed by atoms with van der Waals surface area (Å²) in [6.07, 6.45) is 0. The van der Waals surface area contributed by atoms with Crippen molar-refractivity contribution in [1.29, 1.82) is 0 Å². The predicted octanol–water partition coefficient (Wildman–Crippen LogP) is 2.29. The summed E-state index contributed by atoms with van der Waals surface area (Å²) in [7, 11) is 1.28. The predicted molar refractivity (Wildman–Crippen MR) is 99.8 cm³/mol. The minimum atomic E-state index is -1.08. The molecule has 0 spiro atoms. The molecule has 0 atom stereocenters. The molecule has 1 fully saturated rings. The number of halogens is 2. The van der Waals surface area contributed by atoms with Crippen LogP contribution in [0.3, 0.4) is 0 Å². The summed E-state index contributed by atoms with van der Waals surface area (Å²) in [6, 6.07) is 3.02.